The Kier molecular flexibility index (Phi) is 4.14. The summed E-state index contributed by atoms with van der Waals surface area (Å²) in [5, 5.41) is 0.952. The van der Waals surface area contributed by atoms with Crippen molar-refractivity contribution in [2.75, 3.05) is 7.05 Å². The van der Waals surface area contributed by atoms with Gasteiger partial charge in [0.15, 0.2) is 0 Å². The third kappa shape index (κ3) is 2.72. The Balaban J connectivity index is 1.98. The molecule has 1 aliphatic carbocycles. The first-order valence-electron chi connectivity index (χ1n) is 8.21. The minimum Gasteiger partial charge on any atom is -0.338 e. The predicted octanol–water partition coefficient (Wildman–Crippen LogP) is 4.19. The third-order valence-corrected chi connectivity index (χ3v) is 4.96. The van der Waals surface area contributed by atoms with E-state index in [1.807, 2.05) is 49.2 Å². The van der Waals surface area contributed by atoms with Crippen LogP contribution >= 0.6 is 0 Å². The van der Waals surface area contributed by atoms with Crippen molar-refractivity contribution in [1.29, 1.82) is 0 Å². The van der Waals surface area contributed by atoms with Crippen LogP contribution in [0.5, 0.6) is 0 Å². The molecule has 2 aromatic rings. The summed E-state index contributed by atoms with van der Waals surface area (Å²) in [4.78, 5) is 19.6. The van der Waals surface area contributed by atoms with E-state index in [0.717, 1.165) is 28.6 Å². The van der Waals surface area contributed by atoms with Crippen LogP contribution in [0.1, 0.15) is 48.7 Å². The van der Waals surface area contributed by atoms with E-state index in [2.05, 4.69) is 11.9 Å². The number of aromatic nitrogens is 1. The van der Waals surface area contributed by atoms with Gasteiger partial charge in [-0.25, -0.2) is 0 Å². The van der Waals surface area contributed by atoms with Crippen molar-refractivity contribution >= 4 is 16.8 Å². The van der Waals surface area contributed by atoms with Crippen LogP contribution in [0.4, 0.5) is 0 Å². The van der Waals surface area contributed by atoms with Crippen LogP contribution in [0, 0.1) is 12.8 Å². The number of para-hydroxylation sites is 1. The van der Waals surface area contributed by atoms with Gasteiger partial charge in [0.25, 0.3) is 5.91 Å². The topological polar surface area (TPSA) is 33.2 Å². The van der Waals surface area contributed by atoms with Crippen molar-refractivity contribution in [3.8, 4) is 0 Å². The van der Waals surface area contributed by atoms with E-state index in [1.165, 1.54) is 19.3 Å². The van der Waals surface area contributed by atoms with Gasteiger partial charge in [0.1, 0.15) is 0 Å². The maximum absolute atomic E-state index is 13.1. The monoisotopic (exact) mass is 296 g/mol. The maximum Gasteiger partial charge on any atom is 0.254 e. The lowest BCUT2D eigenvalue weighted by atomic mass is 9.85. The molecule has 3 nitrogen and oxygen atoms in total. The molecule has 1 aromatic carbocycles. The SMILES string of the molecule is Cc1cc(C(=O)N(C)C2CCCCC2C)c2ccccc2n1. The van der Waals surface area contributed by atoms with Gasteiger partial charge in [0.2, 0.25) is 0 Å². The van der Waals surface area contributed by atoms with Gasteiger partial charge < -0.3 is 4.90 Å². The lowest BCUT2D eigenvalue weighted by Crippen LogP contribution is -2.42. The molecule has 3 heteroatoms. The highest BCUT2D eigenvalue weighted by molar-refractivity contribution is 6.06. The van der Waals surface area contributed by atoms with Crippen LogP contribution in [0.2, 0.25) is 0 Å². The van der Waals surface area contributed by atoms with Crippen molar-refractivity contribution in [3.63, 3.8) is 0 Å². The summed E-state index contributed by atoms with van der Waals surface area (Å²) in [5.74, 6) is 0.706. The summed E-state index contributed by atoms with van der Waals surface area (Å²) in [6.45, 7) is 4.22. The smallest absolute Gasteiger partial charge is 0.254 e. The maximum atomic E-state index is 13.1. The summed E-state index contributed by atoms with van der Waals surface area (Å²) in [6, 6.07) is 10.2. The fourth-order valence-corrected chi connectivity index (χ4v) is 3.70. The highest BCUT2D eigenvalue weighted by atomic mass is 16.2. The largest absolute Gasteiger partial charge is 0.338 e. The molecule has 1 saturated carbocycles. The number of pyridine rings is 1. The molecule has 1 amide bonds. The summed E-state index contributed by atoms with van der Waals surface area (Å²) in [5.41, 5.74) is 2.58. The first-order chi connectivity index (χ1) is 10.6. The number of hydrogen-bond donors (Lipinski definition) is 0. The number of fused-ring (bicyclic) bond motifs is 1. The standard InChI is InChI=1S/C19H24N2O/c1-13-8-4-7-11-18(13)21(3)19(22)16-12-14(2)20-17-10-6-5-9-15(16)17/h5-6,9-10,12-13,18H,4,7-8,11H2,1-3H3. The molecule has 1 aliphatic rings. The molecular weight excluding hydrogens is 272 g/mol. The summed E-state index contributed by atoms with van der Waals surface area (Å²) in [7, 11) is 1.96. The van der Waals surface area contributed by atoms with E-state index in [-0.39, 0.29) is 5.91 Å². The quantitative estimate of drug-likeness (QED) is 0.832. The average molecular weight is 296 g/mol. The number of nitrogens with zero attached hydrogens (tertiary/aromatic N) is 2. The second-order valence-electron chi connectivity index (χ2n) is 6.57. The van der Waals surface area contributed by atoms with Gasteiger partial charge in [-0.05, 0) is 37.8 Å². The number of rotatable bonds is 2. The zero-order chi connectivity index (χ0) is 15.7. The van der Waals surface area contributed by atoms with Gasteiger partial charge in [-0.1, -0.05) is 38.0 Å². The lowest BCUT2D eigenvalue weighted by Gasteiger charge is -2.36. The van der Waals surface area contributed by atoms with Crippen molar-refractivity contribution in [2.45, 2.75) is 45.6 Å². The van der Waals surface area contributed by atoms with E-state index in [9.17, 15) is 4.79 Å². The summed E-state index contributed by atoms with van der Waals surface area (Å²) in [6.07, 6.45) is 4.85. The van der Waals surface area contributed by atoms with Gasteiger partial charge >= 0.3 is 0 Å². The zero-order valence-corrected chi connectivity index (χ0v) is 13.7. The van der Waals surface area contributed by atoms with Crippen molar-refractivity contribution in [3.05, 3.63) is 41.6 Å². The third-order valence-electron chi connectivity index (χ3n) is 4.96. The normalized spacial score (nSPS) is 21.8. The minimum atomic E-state index is 0.125. The van der Waals surface area contributed by atoms with Gasteiger partial charge in [-0.15, -0.1) is 0 Å². The van der Waals surface area contributed by atoms with Gasteiger partial charge in [-0.2, -0.15) is 0 Å². The molecule has 0 aliphatic heterocycles. The average Bonchev–Trinajstić information content (AvgIpc) is 2.53. The molecule has 0 saturated heterocycles. The highest BCUT2D eigenvalue weighted by Gasteiger charge is 2.29. The Morgan fingerprint density at radius 1 is 1.23 bits per heavy atom. The molecule has 2 atom stereocenters. The first-order valence-corrected chi connectivity index (χ1v) is 8.21. The number of benzene rings is 1. The van der Waals surface area contributed by atoms with E-state index in [1.54, 1.807) is 0 Å². The molecule has 2 unspecified atom stereocenters. The Morgan fingerprint density at radius 3 is 2.73 bits per heavy atom. The van der Waals surface area contributed by atoms with Crippen LogP contribution in [-0.4, -0.2) is 28.9 Å². The molecule has 1 fully saturated rings. The molecule has 1 heterocycles. The zero-order valence-electron chi connectivity index (χ0n) is 13.7. The van der Waals surface area contributed by atoms with Crippen LogP contribution in [-0.2, 0) is 0 Å². The van der Waals surface area contributed by atoms with Crippen LogP contribution < -0.4 is 0 Å². The summed E-state index contributed by atoms with van der Waals surface area (Å²) < 4.78 is 0. The Labute approximate surface area is 132 Å². The van der Waals surface area contributed by atoms with Crippen molar-refractivity contribution in [2.24, 2.45) is 5.92 Å². The van der Waals surface area contributed by atoms with Gasteiger partial charge in [0, 0.05) is 24.2 Å². The molecule has 3 rings (SSSR count). The molecule has 22 heavy (non-hydrogen) atoms. The van der Waals surface area contributed by atoms with Crippen LogP contribution in [0.25, 0.3) is 10.9 Å². The van der Waals surface area contributed by atoms with E-state index in [4.69, 9.17) is 0 Å². The lowest BCUT2D eigenvalue weighted by molar-refractivity contribution is 0.0631. The van der Waals surface area contributed by atoms with Crippen LogP contribution in [0.15, 0.2) is 30.3 Å². The molecule has 116 valence electrons. The molecule has 0 N–H and O–H groups in total. The molecule has 1 aromatic heterocycles. The van der Waals surface area contributed by atoms with Crippen molar-refractivity contribution in [1.82, 2.24) is 9.88 Å². The molecule has 0 radical (unpaired) electrons. The Morgan fingerprint density at radius 2 is 1.95 bits per heavy atom. The predicted molar refractivity (Wildman–Crippen MR) is 90.0 cm³/mol. The van der Waals surface area contributed by atoms with E-state index >= 15 is 0 Å². The number of hydrogen-bond acceptors (Lipinski definition) is 2. The van der Waals surface area contributed by atoms with E-state index < -0.39 is 0 Å². The number of aryl methyl sites for hydroxylation is 1. The fourth-order valence-electron chi connectivity index (χ4n) is 3.70. The van der Waals surface area contributed by atoms with Crippen molar-refractivity contribution < 1.29 is 4.79 Å². The highest BCUT2D eigenvalue weighted by Crippen LogP contribution is 2.29. The Hall–Kier alpha value is -1.90. The second kappa shape index (κ2) is 6.07. The Bertz CT molecular complexity index is 695. The van der Waals surface area contributed by atoms with E-state index in [0.29, 0.717) is 12.0 Å². The molecular formula is C19H24N2O. The fraction of sp³-hybridized carbons (Fsp3) is 0.474. The number of carbonyl (C=O) groups excluding carboxylic acids is 1. The number of carbonyl (C=O) groups is 1. The minimum absolute atomic E-state index is 0.125. The molecule has 0 bridgehead atoms. The first kappa shape index (κ1) is 15.0. The molecule has 0 spiro atoms. The van der Waals surface area contributed by atoms with Gasteiger partial charge in [0.05, 0.1) is 11.1 Å². The van der Waals surface area contributed by atoms with Gasteiger partial charge in [-0.3, -0.25) is 9.78 Å². The van der Waals surface area contributed by atoms with Crippen LogP contribution in [0.3, 0.4) is 0 Å². The second-order valence-corrected chi connectivity index (χ2v) is 6.57. The number of amides is 1. The summed E-state index contributed by atoms with van der Waals surface area (Å²) >= 11 is 0.